The third kappa shape index (κ3) is 2.41. The second-order valence-electron chi connectivity index (χ2n) is 11.2. The van der Waals surface area contributed by atoms with Crippen LogP contribution in [0.4, 0.5) is 0 Å². The maximum absolute atomic E-state index is 13.4. The van der Waals surface area contributed by atoms with Crippen molar-refractivity contribution in [2.45, 2.75) is 77.0 Å². The van der Waals surface area contributed by atoms with E-state index in [1.54, 1.807) is 0 Å². The van der Waals surface area contributed by atoms with Crippen molar-refractivity contribution in [3.63, 3.8) is 0 Å². The zero-order valence-corrected chi connectivity index (χ0v) is 19.4. The molecule has 6 rings (SSSR count). The quantitative estimate of drug-likeness (QED) is 0.481. The number of allylic oxidation sites excluding steroid dienone is 1. The predicted molar refractivity (Wildman–Crippen MR) is 123 cm³/mol. The molecule has 170 valence electrons. The minimum atomic E-state index is -0.221. The van der Waals surface area contributed by atoms with Crippen molar-refractivity contribution in [3.8, 4) is 0 Å². The van der Waals surface area contributed by atoms with Crippen LogP contribution >= 0.6 is 0 Å². The summed E-state index contributed by atoms with van der Waals surface area (Å²) in [6.45, 7) is 6.60. The average molecular weight is 434 g/mol. The first-order chi connectivity index (χ1) is 15.5. The van der Waals surface area contributed by atoms with Gasteiger partial charge in [-0.3, -0.25) is 14.5 Å². The maximum atomic E-state index is 13.4. The second kappa shape index (κ2) is 7.11. The molecule has 4 heteroatoms. The number of ketones is 2. The number of Topliss-reactive ketones (excluding diaryl/α,β-unsaturated/α-hetero) is 2. The highest BCUT2D eigenvalue weighted by Gasteiger charge is 2.81. The second-order valence-corrected chi connectivity index (χ2v) is 11.2. The molecule has 0 radical (unpaired) electrons. The molecular formula is C28H35NO3. The molecule has 7 atom stereocenters. The van der Waals surface area contributed by atoms with Crippen molar-refractivity contribution in [2.24, 2.45) is 22.7 Å². The van der Waals surface area contributed by atoms with Gasteiger partial charge in [0.1, 0.15) is 5.78 Å². The SMILES string of the molecule is C/C=C1\C(=O)C[C@@]2(C)[C@H]3CN4[C@@H]1[C@]2(CCCOCc1ccccc1)[C@H]1CCC[C@@]14CC3=O. The fourth-order valence-corrected chi connectivity index (χ4v) is 9.24. The molecule has 3 heterocycles. The number of nitrogens with zero attached hydrogens (tertiary/aromatic N) is 1. The van der Waals surface area contributed by atoms with Gasteiger partial charge < -0.3 is 4.74 Å². The molecule has 2 aliphatic carbocycles. The number of ether oxygens (including phenoxy) is 1. The minimum Gasteiger partial charge on any atom is -0.377 e. The van der Waals surface area contributed by atoms with Crippen LogP contribution in [0, 0.1) is 22.7 Å². The van der Waals surface area contributed by atoms with Crippen molar-refractivity contribution in [1.82, 2.24) is 4.90 Å². The van der Waals surface area contributed by atoms with E-state index in [-0.39, 0.29) is 34.1 Å². The van der Waals surface area contributed by atoms with Crippen LogP contribution in [0.15, 0.2) is 42.0 Å². The van der Waals surface area contributed by atoms with Gasteiger partial charge in [-0.2, -0.15) is 0 Å². The number of hydrogen-bond acceptors (Lipinski definition) is 4. The number of carbonyl (C=O) groups excluding carboxylic acids is 2. The van der Waals surface area contributed by atoms with Gasteiger partial charge >= 0.3 is 0 Å². The van der Waals surface area contributed by atoms with Crippen LogP contribution in [0.2, 0.25) is 0 Å². The van der Waals surface area contributed by atoms with Gasteiger partial charge in [-0.15, -0.1) is 0 Å². The highest BCUT2D eigenvalue weighted by Crippen LogP contribution is 2.77. The smallest absolute Gasteiger partial charge is 0.160 e. The number of hydrogen-bond donors (Lipinski definition) is 0. The molecule has 5 bridgehead atoms. The molecule has 2 saturated carbocycles. The van der Waals surface area contributed by atoms with Gasteiger partial charge in [0.2, 0.25) is 0 Å². The number of benzene rings is 1. The Hall–Kier alpha value is -1.78. The van der Waals surface area contributed by atoms with E-state index in [0.29, 0.717) is 31.1 Å². The summed E-state index contributed by atoms with van der Waals surface area (Å²) in [4.78, 5) is 29.4. The predicted octanol–water partition coefficient (Wildman–Crippen LogP) is 4.72. The maximum Gasteiger partial charge on any atom is 0.160 e. The molecule has 5 aliphatic rings. The molecule has 0 N–H and O–H groups in total. The molecule has 0 aromatic heterocycles. The highest BCUT2D eigenvalue weighted by atomic mass is 16.5. The van der Waals surface area contributed by atoms with E-state index in [4.69, 9.17) is 4.74 Å². The van der Waals surface area contributed by atoms with Crippen molar-refractivity contribution >= 4 is 11.6 Å². The third-order valence-corrected chi connectivity index (χ3v) is 10.3. The van der Waals surface area contributed by atoms with Gasteiger partial charge in [0.25, 0.3) is 0 Å². The highest BCUT2D eigenvalue weighted by molar-refractivity contribution is 6.00. The molecule has 1 aromatic carbocycles. The summed E-state index contributed by atoms with van der Waals surface area (Å²) < 4.78 is 6.08. The van der Waals surface area contributed by atoms with E-state index in [2.05, 4.69) is 42.2 Å². The molecule has 1 aromatic rings. The van der Waals surface area contributed by atoms with Crippen molar-refractivity contribution in [2.75, 3.05) is 13.2 Å². The molecule has 1 unspecified atom stereocenters. The van der Waals surface area contributed by atoms with E-state index in [0.717, 1.165) is 38.0 Å². The number of piperidine rings is 2. The first-order valence-corrected chi connectivity index (χ1v) is 12.6. The topological polar surface area (TPSA) is 46.6 Å². The van der Waals surface area contributed by atoms with Crippen molar-refractivity contribution in [3.05, 3.63) is 47.5 Å². The molecule has 0 amide bonds. The van der Waals surface area contributed by atoms with Gasteiger partial charge in [0.05, 0.1) is 6.61 Å². The van der Waals surface area contributed by atoms with E-state index in [1.165, 1.54) is 18.4 Å². The molecular weight excluding hydrogens is 398 g/mol. The van der Waals surface area contributed by atoms with Gasteiger partial charge in [0, 0.05) is 54.5 Å². The first kappa shape index (κ1) is 20.8. The van der Waals surface area contributed by atoms with Crippen molar-refractivity contribution in [1.29, 1.82) is 0 Å². The summed E-state index contributed by atoms with van der Waals surface area (Å²) in [7, 11) is 0. The summed E-state index contributed by atoms with van der Waals surface area (Å²) in [6.07, 6.45) is 8.95. The fraction of sp³-hybridized carbons (Fsp3) is 0.643. The van der Waals surface area contributed by atoms with Crippen LogP contribution in [-0.2, 0) is 20.9 Å². The van der Waals surface area contributed by atoms with E-state index < -0.39 is 0 Å². The largest absolute Gasteiger partial charge is 0.377 e. The minimum absolute atomic E-state index is 0.000213. The van der Waals surface area contributed by atoms with E-state index >= 15 is 0 Å². The summed E-state index contributed by atoms with van der Waals surface area (Å²) in [5, 5.41) is 0. The van der Waals surface area contributed by atoms with Gasteiger partial charge in [0.15, 0.2) is 5.78 Å². The van der Waals surface area contributed by atoms with Crippen LogP contribution in [0.3, 0.4) is 0 Å². The Labute approximate surface area is 191 Å². The molecule has 1 spiro atoms. The standard InChI is InChI=1S/C28H35NO3/c1-3-20-22(30)15-26(2)21-17-29-25(20)28(26,24-11-7-12-27(24,29)16-23(21)31)13-8-14-32-18-19-9-5-4-6-10-19/h3-6,9-10,21,24-25H,7-8,11-18H2,1-2H3/b20-3+/t21-,24-,25-,26-,27+,28-/m0/s1. The summed E-state index contributed by atoms with van der Waals surface area (Å²) in [5.41, 5.74) is 2.04. The van der Waals surface area contributed by atoms with Crippen LogP contribution < -0.4 is 0 Å². The zero-order valence-electron chi connectivity index (χ0n) is 19.4. The van der Waals surface area contributed by atoms with Crippen LogP contribution in [0.5, 0.6) is 0 Å². The first-order valence-electron chi connectivity index (χ1n) is 12.6. The van der Waals surface area contributed by atoms with Gasteiger partial charge in [-0.05, 0) is 49.5 Å². The zero-order chi connectivity index (χ0) is 22.1. The van der Waals surface area contributed by atoms with E-state index in [1.807, 2.05) is 13.0 Å². The van der Waals surface area contributed by atoms with Gasteiger partial charge in [-0.25, -0.2) is 0 Å². The van der Waals surface area contributed by atoms with Gasteiger partial charge in [-0.1, -0.05) is 49.8 Å². The third-order valence-electron chi connectivity index (χ3n) is 10.3. The molecule has 5 fully saturated rings. The average Bonchev–Trinajstić information content (AvgIpc) is 3.24. The lowest BCUT2D eigenvalue weighted by Crippen LogP contribution is -2.69. The molecule has 32 heavy (non-hydrogen) atoms. The van der Waals surface area contributed by atoms with Crippen LogP contribution in [0.25, 0.3) is 0 Å². The Kier molecular flexibility index (Phi) is 4.62. The molecule has 3 aliphatic heterocycles. The normalized spacial score (nSPS) is 45.0. The summed E-state index contributed by atoms with van der Waals surface area (Å²) >= 11 is 0. The lowest BCUT2D eigenvalue weighted by molar-refractivity contribution is -0.165. The van der Waals surface area contributed by atoms with E-state index in [9.17, 15) is 9.59 Å². The Morgan fingerprint density at radius 3 is 2.78 bits per heavy atom. The Morgan fingerprint density at radius 2 is 2.00 bits per heavy atom. The number of fused-ring (bicyclic) bond motifs is 2. The fourth-order valence-electron chi connectivity index (χ4n) is 9.24. The monoisotopic (exact) mass is 433 g/mol. The van der Waals surface area contributed by atoms with Crippen molar-refractivity contribution < 1.29 is 14.3 Å². The summed E-state index contributed by atoms with van der Waals surface area (Å²) in [6, 6.07) is 10.5. The Bertz CT molecular complexity index is 986. The lowest BCUT2D eigenvalue weighted by atomic mass is 9.43. The Balaban J connectivity index is 1.34. The number of rotatable bonds is 6. The summed E-state index contributed by atoms with van der Waals surface area (Å²) in [5.74, 6) is 1.27. The lowest BCUT2D eigenvalue weighted by Gasteiger charge is -2.63. The molecule has 4 nitrogen and oxygen atoms in total. The van der Waals surface area contributed by atoms with Crippen LogP contribution in [0.1, 0.15) is 64.4 Å². The molecule has 3 saturated heterocycles. The van der Waals surface area contributed by atoms with Crippen LogP contribution in [-0.4, -0.2) is 41.2 Å². The Morgan fingerprint density at radius 1 is 1.19 bits per heavy atom. The number of carbonyl (C=O) groups is 2.